The maximum absolute atomic E-state index is 13.8. The van der Waals surface area contributed by atoms with Gasteiger partial charge in [0.2, 0.25) is 0 Å². The van der Waals surface area contributed by atoms with Crippen molar-refractivity contribution in [1.29, 1.82) is 0 Å². The Labute approximate surface area is 228 Å². The number of carbonyl (C=O) groups is 1. The number of hydrogen-bond donors (Lipinski definition) is 1. The summed E-state index contributed by atoms with van der Waals surface area (Å²) in [5.41, 5.74) is 0.395. The van der Waals surface area contributed by atoms with Crippen molar-refractivity contribution in [2.24, 2.45) is 4.99 Å². The number of ether oxygens (including phenoxy) is 3. The molecule has 2 aromatic carbocycles. The lowest BCUT2D eigenvalue weighted by atomic mass is 9.95. The lowest BCUT2D eigenvalue weighted by Gasteiger charge is -2.25. The van der Waals surface area contributed by atoms with Gasteiger partial charge in [-0.25, -0.2) is 9.79 Å². The molecule has 0 unspecified atom stereocenters. The minimum absolute atomic E-state index is 0.0698. The molecule has 198 valence electrons. The molecule has 1 atom stereocenters. The number of methoxy groups -OCH3 is 2. The van der Waals surface area contributed by atoms with Crippen molar-refractivity contribution in [3.05, 3.63) is 87.0 Å². The second-order valence-electron chi connectivity index (χ2n) is 8.04. The van der Waals surface area contributed by atoms with Gasteiger partial charge < -0.3 is 19.3 Å². The number of nitrogens with zero attached hydrogens (tertiary/aromatic N) is 3. The molecule has 3 aromatic rings. The molecule has 0 aliphatic carbocycles. The number of fused-ring (bicyclic) bond motifs is 1. The number of esters is 1. The number of allylic oxidation sites excluding steroid dienone is 1. The van der Waals surface area contributed by atoms with Crippen LogP contribution in [-0.4, -0.2) is 41.4 Å². The van der Waals surface area contributed by atoms with Crippen LogP contribution >= 0.6 is 27.3 Å². The van der Waals surface area contributed by atoms with Gasteiger partial charge in [0.05, 0.1) is 52.1 Å². The fraction of sp³-hybridized carbons (Fsp3) is 0.240. The first-order valence-corrected chi connectivity index (χ1v) is 12.8. The van der Waals surface area contributed by atoms with Gasteiger partial charge in [0.1, 0.15) is 5.75 Å². The van der Waals surface area contributed by atoms with Crippen LogP contribution in [0.3, 0.4) is 0 Å². The van der Waals surface area contributed by atoms with E-state index < -0.39 is 22.5 Å². The van der Waals surface area contributed by atoms with E-state index >= 15 is 0 Å². The molecule has 1 N–H and O–H groups in total. The summed E-state index contributed by atoms with van der Waals surface area (Å²) in [7, 11) is 2.97. The summed E-state index contributed by atoms with van der Waals surface area (Å²) in [5, 5.41) is 21.8. The zero-order valence-corrected chi connectivity index (χ0v) is 23.1. The molecule has 0 fully saturated rings. The molecule has 1 aliphatic heterocycles. The number of hydrogen-bond acceptors (Lipinski definition) is 10. The number of benzene rings is 2. The monoisotopic (exact) mass is 603 g/mol. The number of thiazole rings is 1. The van der Waals surface area contributed by atoms with E-state index in [4.69, 9.17) is 14.2 Å². The first kappa shape index (κ1) is 27.1. The Morgan fingerprint density at radius 3 is 2.61 bits per heavy atom. The summed E-state index contributed by atoms with van der Waals surface area (Å²) < 4.78 is 17.7. The average molecular weight is 604 g/mol. The van der Waals surface area contributed by atoms with E-state index in [-0.39, 0.29) is 38.2 Å². The quantitative estimate of drug-likeness (QED) is 0.246. The third kappa shape index (κ3) is 4.82. The van der Waals surface area contributed by atoms with Crippen molar-refractivity contribution in [3.63, 3.8) is 0 Å². The Kier molecular flexibility index (Phi) is 7.69. The molecule has 0 saturated carbocycles. The standard InChI is InChI=1S/C25H22BrN3O8S/c1-5-37-24(32)20-12(2)27-25-28(21(20)13-6-7-17(35-3)18(9-13)36-4)23(31)19(38-25)10-14-8-15(29(33)34)11-16(26)22(14)30/h6-11,21,30H,5H2,1-4H3/b19-10-/t21-/m1/s1. The van der Waals surface area contributed by atoms with Gasteiger partial charge in [-0.3, -0.25) is 19.5 Å². The van der Waals surface area contributed by atoms with Gasteiger partial charge in [-0.05, 0) is 53.5 Å². The lowest BCUT2D eigenvalue weighted by Crippen LogP contribution is -2.40. The molecule has 13 heteroatoms. The Morgan fingerprint density at radius 1 is 1.26 bits per heavy atom. The number of rotatable bonds is 7. The second-order valence-corrected chi connectivity index (χ2v) is 9.90. The van der Waals surface area contributed by atoms with E-state index in [9.17, 15) is 24.8 Å². The number of carbonyl (C=O) groups excluding carboxylic acids is 1. The fourth-order valence-electron chi connectivity index (χ4n) is 4.09. The van der Waals surface area contributed by atoms with E-state index in [0.29, 0.717) is 27.6 Å². The third-order valence-corrected chi connectivity index (χ3v) is 7.40. The highest BCUT2D eigenvalue weighted by atomic mass is 79.9. The summed E-state index contributed by atoms with van der Waals surface area (Å²) in [6.45, 7) is 3.46. The second kappa shape index (κ2) is 10.8. The number of phenols is 1. The zero-order chi connectivity index (χ0) is 27.7. The summed E-state index contributed by atoms with van der Waals surface area (Å²) in [5.74, 6) is -0.0190. The predicted octanol–water partition coefficient (Wildman–Crippen LogP) is 3.19. The van der Waals surface area contributed by atoms with Crippen LogP contribution < -0.4 is 24.4 Å². The fourth-order valence-corrected chi connectivity index (χ4v) is 5.59. The molecule has 1 aromatic heterocycles. The van der Waals surface area contributed by atoms with Gasteiger partial charge in [-0.2, -0.15) is 0 Å². The summed E-state index contributed by atoms with van der Waals surface area (Å²) in [6.07, 6.45) is 1.35. The van der Waals surface area contributed by atoms with Crippen molar-refractivity contribution in [2.45, 2.75) is 19.9 Å². The summed E-state index contributed by atoms with van der Waals surface area (Å²) in [6, 6.07) is 6.48. The predicted molar refractivity (Wildman–Crippen MR) is 142 cm³/mol. The Bertz CT molecular complexity index is 1670. The molecule has 4 rings (SSSR count). The van der Waals surface area contributed by atoms with E-state index in [0.717, 1.165) is 11.3 Å². The van der Waals surface area contributed by atoms with E-state index in [1.807, 2.05) is 0 Å². The van der Waals surface area contributed by atoms with Gasteiger partial charge in [0.15, 0.2) is 16.3 Å². The minimum atomic E-state index is -0.905. The van der Waals surface area contributed by atoms with Gasteiger partial charge >= 0.3 is 5.97 Å². The topological polar surface area (TPSA) is 142 Å². The number of aromatic hydroxyl groups is 1. The highest BCUT2D eigenvalue weighted by Crippen LogP contribution is 2.36. The first-order chi connectivity index (χ1) is 18.1. The lowest BCUT2D eigenvalue weighted by molar-refractivity contribution is -0.385. The average Bonchev–Trinajstić information content (AvgIpc) is 3.19. The number of non-ortho nitro benzene ring substituents is 1. The SMILES string of the molecule is CCOC(=O)C1=C(C)N=c2s/c(=C\c3cc([N+](=O)[O-])cc(Br)c3O)c(=O)n2[C@@H]1c1ccc(OC)c(OC)c1. The highest BCUT2D eigenvalue weighted by Gasteiger charge is 2.34. The molecule has 1 aliphatic rings. The van der Waals surface area contributed by atoms with Crippen LogP contribution in [0, 0.1) is 10.1 Å². The zero-order valence-electron chi connectivity index (χ0n) is 20.7. The molecule has 0 spiro atoms. The van der Waals surface area contributed by atoms with Crippen molar-refractivity contribution >= 4 is 45.0 Å². The molecule has 38 heavy (non-hydrogen) atoms. The van der Waals surface area contributed by atoms with Gasteiger partial charge in [-0.1, -0.05) is 17.4 Å². The summed E-state index contributed by atoms with van der Waals surface area (Å²) in [4.78, 5) is 42.3. The van der Waals surface area contributed by atoms with E-state index in [2.05, 4.69) is 20.9 Å². The largest absolute Gasteiger partial charge is 0.506 e. The van der Waals surface area contributed by atoms with Crippen molar-refractivity contribution in [2.75, 3.05) is 20.8 Å². The Balaban J connectivity index is 2.00. The Hall–Kier alpha value is -3.97. The van der Waals surface area contributed by atoms with Crippen LogP contribution in [0.25, 0.3) is 6.08 Å². The number of halogens is 1. The smallest absolute Gasteiger partial charge is 0.338 e. The van der Waals surface area contributed by atoms with Crippen LogP contribution in [0.4, 0.5) is 5.69 Å². The molecule has 2 heterocycles. The van der Waals surface area contributed by atoms with Crippen molar-refractivity contribution in [3.8, 4) is 17.2 Å². The highest BCUT2D eigenvalue weighted by molar-refractivity contribution is 9.10. The van der Waals surface area contributed by atoms with Crippen LogP contribution in [0.15, 0.2) is 55.9 Å². The summed E-state index contributed by atoms with van der Waals surface area (Å²) >= 11 is 4.14. The van der Waals surface area contributed by atoms with Crippen molar-refractivity contribution in [1.82, 2.24) is 4.57 Å². The van der Waals surface area contributed by atoms with Crippen LogP contribution in [0.5, 0.6) is 17.2 Å². The molecule has 0 amide bonds. The van der Waals surface area contributed by atoms with Crippen LogP contribution in [0.2, 0.25) is 0 Å². The van der Waals surface area contributed by atoms with Gasteiger partial charge in [0, 0.05) is 17.7 Å². The number of nitro benzene ring substituents is 1. The first-order valence-electron chi connectivity index (χ1n) is 11.2. The van der Waals surface area contributed by atoms with Crippen molar-refractivity contribution < 1.29 is 29.0 Å². The van der Waals surface area contributed by atoms with Gasteiger partial charge in [-0.15, -0.1) is 0 Å². The molecular weight excluding hydrogens is 582 g/mol. The normalized spacial score (nSPS) is 15.1. The van der Waals surface area contributed by atoms with E-state index in [1.54, 1.807) is 32.0 Å². The molecule has 0 bridgehead atoms. The van der Waals surface area contributed by atoms with Crippen LogP contribution in [-0.2, 0) is 9.53 Å². The maximum atomic E-state index is 13.8. The maximum Gasteiger partial charge on any atom is 0.338 e. The third-order valence-electron chi connectivity index (χ3n) is 5.82. The minimum Gasteiger partial charge on any atom is -0.506 e. The number of aromatic nitrogens is 1. The molecule has 0 radical (unpaired) electrons. The van der Waals surface area contributed by atoms with Gasteiger partial charge in [0.25, 0.3) is 11.2 Å². The number of nitro groups is 1. The molecular formula is C25H22BrN3O8S. The van der Waals surface area contributed by atoms with E-state index in [1.165, 1.54) is 37.0 Å². The van der Waals surface area contributed by atoms with Crippen LogP contribution in [0.1, 0.15) is 31.0 Å². The molecule has 0 saturated heterocycles. The molecule has 11 nitrogen and oxygen atoms in total. The number of phenolic OH excluding ortho intramolecular Hbond substituents is 1. The Morgan fingerprint density at radius 2 is 1.97 bits per heavy atom.